The zero-order valence-electron chi connectivity index (χ0n) is 11.7. The van der Waals surface area contributed by atoms with Crippen LogP contribution in [-0.2, 0) is 0 Å². The van der Waals surface area contributed by atoms with E-state index in [4.69, 9.17) is 0 Å². The van der Waals surface area contributed by atoms with Gasteiger partial charge in [0, 0.05) is 38.6 Å². The van der Waals surface area contributed by atoms with Gasteiger partial charge in [-0.2, -0.15) is 0 Å². The molecule has 0 amide bonds. The number of piperazine rings is 1. The van der Waals surface area contributed by atoms with Crippen molar-refractivity contribution in [3.8, 4) is 0 Å². The molecular formula is C13H13FN8. The van der Waals surface area contributed by atoms with Crippen molar-refractivity contribution in [1.29, 1.82) is 0 Å². The van der Waals surface area contributed by atoms with E-state index in [1.165, 1.54) is 12.4 Å². The maximum atomic E-state index is 12.9. The Morgan fingerprint density at radius 2 is 1.68 bits per heavy atom. The van der Waals surface area contributed by atoms with Crippen LogP contribution in [0, 0.1) is 5.82 Å². The van der Waals surface area contributed by atoms with Gasteiger partial charge in [0.1, 0.15) is 6.33 Å². The molecule has 0 spiro atoms. The summed E-state index contributed by atoms with van der Waals surface area (Å²) in [5, 5.41) is 8.02. The molecule has 1 aliphatic rings. The molecule has 0 saturated carbocycles. The molecule has 3 aromatic heterocycles. The number of hydrogen-bond donors (Lipinski definition) is 0. The number of nitrogens with zero attached hydrogens (tertiary/aromatic N) is 8. The minimum absolute atomic E-state index is 0.426. The van der Waals surface area contributed by atoms with Gasteiger partial charge in [-0.3, -0.25) is 4.40 Å². The molecule has 0 radical (unpaired) electrons. The van der Waals surface area contributed by atoms with Crippen LogP contribution in [0.2, 0.25) is 0 Å². The minimum atomic E-state index is -0.426. The molecule has 0 unspecified atom stereocenters. The highest BCUT2D eigenvalue weighted by Crippen LogP contribution is 2.19. The first-order valence-corrected chi connectivity index (χ1v) is 6.93. The highest BCUT2D eigenvalue weighted by Gasteiger charge is 2.22. The second-order valence-corrected chi connectivity index (χ2v) is 4.99. The topological polar surface area (TPSA) is 75.3 Å². The Labute approximate surface area is 125 Å². The second-order valence-electron chi connectivity index (χ2n) is 4.99. The highest BCUT2D eigenvalue weighted by atomic mass is 19.1. The molecule has 22 heavy (non-hydrogen) atoms. The molecule has 0 N–H and O–H groups in total. The van der Waals surface area contributed by atoms with E-state index in [2.05, 4.69) is 30.0 Å². The number of hydrogen-bond acceptors (Lipinski definition) is 7. The molecule has 9 heteroatoms. The molecule has 1 aliphatic heterocycles. The highest BCUT2D eigenvalue weighted by molar-refractivity contribution is 5.63. The van der Waals surface area contributed by atoms with Gasteiger partial charge in [-0.15, -0.1) is 10.2 Å². The van der Waals surface area contributed by atoms with E-state index in [0.717, 1.165) is 37.6 Å². The fourth-order valence-electron chi connectivity index (χ4n) is 2.56. The van der Waals surface area contributed by atoms with Crippen molar-refractivity contribution in [2.24, 2.45) is 0 Å². The maximum Gasteiger partial charge on any atom is 0.225 e. The van der Waals surface area contributed by atoms with Gasteiger partial charge < -0.3 is 9.80 Å². The third kappa shape index (κ3) is 2.20. The third-order valence-corrected chi connectivity index (χ3v) is 3.67. The van der Waals surface area contributed by atoms with Crippen LogP contribution < -0.4 is 9.80 Å². The van der Waals surface area contributed by atoms with Gasteiger partial charge in [0.05, 0.1) is 12.4 Å². The van der Waals surface area contributed by atoms with Crippen LogP contribution in [0.4, 0.5) is 16.2 Å². The Morgan fingerprint density at radius 1 is 0.955 bits per heavy atom. The molecule has 0 aliphatic carbocycles. The van der Waals surface area contributed by atoms with Crippen molar-refractivity contribution in [2.75, 3.05) is 36.0 Å². The summed E-state index contributed by atoms with van der Waals surface area (Å²) < 4.78 is 14.7. The van der Waals surface area contributed by atoms with E-state index in [1.807, 2.05) is 15.5 Å². The molecular weight excluding hydrogens is 287 g/mol. The van der Waals surface area contributed by atoms with Gasteiger partial charge in [-0.1, -0.05) is 0 Å². The number of fused-ring (bicyclic) bond motifs is 1. The van der Waals surface area contributed by atoms with Gasteiger partial charge in [-0.05, 0) is 0 Å². The van der Waals surface area contributed by atoms with Crippen LogP contribution in [0.1, 0.15) is 0 Å². The average Bonchev–Trinajstić information content (AvgIpc) is 3.04. The lowest BCUT2D eigenvalue weighted by Gasteiger charge is -2.35. The zero-order chi connectivity index (χ0) is 14.9. The SMILES string of the molecule is Fc1cnc(N2CCN(c3nccn4cnnc34)CC2)nc1. The van der Waals surface area contributed by atoms with E-state index in [0.29, 0.717) is 5.95 Å². The van der Waals surface area contributed by atoms with E-state index >= 15 is 0 Å². The van der Waals surface area contributed by atoms with Gasteiger partial charge in [-0.25, -0.2) is 19.3 Å². The first-order valence-electron chi connectivity index (χ1n) is 6.93. The fraction of sp³-hybridized carbons (Fsp3) is 0.308. The average molecular weight is 300 g/mol. The Morgan fingerprint density at radius 3 is 2.45 bits per heavy atom. The smallest absolute Gasteiger partial charge is 0.225 e. The summed E-state index contributed by atoms with van der Waals surface area (Å²) in [7, 11) is 0. The fourth-order valence-corrected chi connectivity index (χ4v) is 2.56. The van der Waals surface area contributed by atoms with Crippen LogP contribution in [0.15, 0.2) is 31.1 Å². The van der Waals surface area contributed by atoms with Gasteiger partial charge >= 0.3 is 0 Å². The van der Waals surface area contributed by atoms with Crippen LogP contribution in [0.25, 0.3) is 5.65 Å². The molecule has 0 aromatic carbocycles. The number of rotatable bonds is 2. The quantitative estimate of drug-likeness (QED) is 0.677. The second kappa shape index (κ2) is 5.17. The summed E-state index contributed by atoms with van der Waals surface area (Å²) in [6.07, 6.45) is 7.59. The van der Waals surface area contributed by atoms with Crippen molar-refractivity contribution in [1.82, 2.24) is 29.5 Å². The van der Waals surface area contributed by atoms with Crippen molar-refractivity contribution in [3.63, 3.8) is 0 Å². The standard InChI is InChI=1S/C13H13FN8/c14-10-7-16-13(17-8-10)21-5-3-20(4-6-21)11-12-19-18-9-22(12)2-1-15-11/h1-2,7-9H,3-6H2. The molecule has 112 valence electrons. The third-order valence-electron chi connectivity index (χ3n) is 3.67. The number of aromatic nitrogens is 6. The van der Waals surface area contributed by atoms with Crippen molar-refractivity contribution < 1.29 is 4.39 Å². The molecule has 0 bridgehead atoms. The summed E-state index contributed by atoms with van der Waals surface area (Å²) in [4.78, 5) is 16.6. The summed E-state index contributed by atoms with van der Waals surface area (Å²) in [6.45, 7) is 3.01. The summed E-state index contributed by atoms with van der Waals surface area (Å²) in [5.41, 5.74) is 0.744. The molecule has 8 nitrogen and oxygen atoms in total. The van der Waals surface area contributed by atoms with Gasteiger partial charge in [0.15, 0.2) is 11.6 Å². The van der Waals surface area contributed by atoms with Gasteiger partial charge in [0.2, 0.25) is 11.6 Å². The maximum absolute atomic E-state index is 12.9. The summed E-state index contributed by atoms with van der Waals surface area (Å²) in [5.74, 6) is 0.944. The Bertz CT molecular complexity index is 778. The van der Waals surface area contributed by atoms with Crippen LogP contribution in [0.3, 0.4) is 0 Å². The monoisotopic (exact) mass is 300 g/mol. The zero-order valence-corrected chi connectivity index (χ0v) is 11.7. The van der Waals surface area contributed by atoms with Crippen molar-refractivity contribution in [3.05, 3.63) is 36.9 Å². The van der Waals surface area contributed by atoms with Crippen molar-refractivity contribution in [2.45, 2.75) is 0 Å². The summed E-state index contributed by atoms with van der Waals surface area (Å²) >= 11 is 0. The molecule has 1 fully saturated rings. The molecule has 1 saturated heterocycles. The first-order chi connectivity index (χ1) is 10.8. The van der Waals surface area contributed by atoms with Gasteiger partial charge in [0.25, 0.3) is 0 Å². The van der Waals surface area contributed by atoms with Crippen LogP contribution in [-0.4, -0.2) is 55.7 Å². The molecule has 4 rings (SSSR count). The largest absolute Gasteiger partial charge is 0.350 e. The Kier molecular flexibility index (Phi) is 3.02. The lowest BCUT2D eigenvalue weighted by Crippen LogP contribution is -2.47. The van der Waals surface area contributed by atoms with Crippen LogP contribution >= 0.6 is 0 Å². The van der Waals surface area contributed by atoms with E-state index in [-0.39, 0.29) is 0 Å². The molecule has 4 heterocycles. The van der Waals surface area contributed by atoms with E-state index < -0.39 is 5.82 Å². The predicted molar refractivity (Wildman–Crippen MR) is 77.2 cm³/mol. The normalized spacial score (nSPS) is 15.5. The van der Waals surface area contributed by atoms with Crippen LogP contribution in [0.5, 0.6) is 0 Å². The van der Waals surface area contributed by atoms with E-state index in [1.54, 1.807) is 12.5 Å². The molecule has 0 atom stereocenters. The Balaban J connectivity index is 1.52. The lowest BCUT2D eigenvalue weighted by molar-refractivity contribution is 0.601. The number of anilines is 2. The lowest BCUT2D eigenvalue weighted by atomic mass is 10.3. The minimum Gasteiger partial charge on any atom is -0.350 e. The molecule has 3 aromatic rings. The predicted octanol–water partition coefficient (Wildman–Crippen LogP) is 0.380. The van der Waals surface area contributed by atoms with Crippen molar-refractivity contribution >= 4 is 17.4 Å². The Hall–Kier alpha value is -2.84. The number of halogens is 1. The summed E-state index contributed by atoms with van der Waals surface area (Å²) in [6, 6.07) is 0. The van der Waals surface area contributed by atoms with E-state index in [9.17, 15) is 4.39 Å². The first kappa shape index (κ1) is 12.9.